The molecule has 1 aromatic rings. The topological polar surface area (TPSA) is 55.1 Å². The highest BCUT2D eigenvalue weighted by Gasteiger charge is 2.15. The molecule has 3 N–H and O–H groups in total. The Morgan fingerprint density at radius 3 is 2.82 bits per heavy atom. The van der Waals surface area contributed by atoms with Gasteiger partial charge in [0, 0.05) is 12.2 Å². The maximum absolute atomic E-state index is 11.7. The van der Waals surface area contributed by atoms with Gasteiger partial charge in [-0.1, -0.05) is 12.1 Å². The van der Waals surface area contributed by atoms with Crippen molar-refractivity contribution >= 4 is 23.4 Å². The van der Waals surface area contributed by atoms with E-state index in [2.05, 4.69) is 5.32 Å². The van der Waals surface area contributed by atoms with Crippen LogP contribution >= 0.6 is 11.8 Å². The van der Waals surface area contributed by atoms with Crippen LogP contribution in [-0.4, -0.2) is 24.0 Å². The van der Waals surface area contributed by atoms with Gasteiger partial charge in [-0.05, 0) is 41.5 Å². The third-order valence-electron chi connectivity index (χ3n) is 2.96. The first kappa shape index (κ1) is 12.3. The molecule has 17 heavy (non-hydrogen) atoms. The van der Waals surface area contributed by atoms with Gasteiger partial charge in [-0.3, -0.25) is 4.79 Å². The molecule has 3 nitrogen and oxygen atoms in total. The molecule has 0 bridgehead atoms. The van der Waals surface area contributed by atoms with Gasteiger partial charge in [0.2, 0.25) is 5.91 Å². The zero-order valence-corrected chi connectivity index (χ0v) is 10.6. The fraction of sp³-hybridized carbons (Fsp3) is 0.462. The zero-order valence-electron chi connectivity index (χ0n) is 9.82. The van der Waals surface area contributed by atoms with E-state index in [4.69, 9.17) is 5.73 Å². The van der Waals surface area contributed by atoms with Gasteiger partial charge in [-0.2, -0.15) is 11.8 Å². The van der Waals surface area contributed by atoms with Crippen molar-refractivity contribution in [2.24, 2.45) is 5.92 Å². The Balaban J connectivity index is 1.74. The average molecular weight is 250 g/mol. The van der Waals surface area contributed by atoms with Crippen molar-refractivity contribution in [3.8, 4) is 0 Å². The molecule has 1 aliphatic rings. The molecule has 1 amide bonds. The van der Waals surface area contributed by atoms with E-state index in [0.29, 0.717) is 12.3 Å². The van der Waals surface area contributed by atoms with Gasteiger partial charge in [0.15, 0.2) is 0 Å². The SMILES string of the molecule is Nc1ccc(CC(=O)NCC2CCSC2)cc1. The Labute approximate surface area is 106 Å². The lowest BCUT2D eigenvalue weighted by Crippen LogP contribution is -2.30. The molecule has 1 unspecified atom stereocenters. The normalized spacial score (nSPS) is 19.2. The molecule has 0 saturated carbocycles. The number of anilines is 1. The van der Waals surface area contributed by atoms with Crippen molar-refractivity contribution in [1.29, 1.82) is 0 Å². The van der Waals surface area contributed by atoms with Crippen LogP contribution < -0.4 is 11.1 Å². The van der Waals surface area contributed by atoms with Crippen LogP contribution in [-0.2, 0) is 11.2 Å². The van der Waals surface area contributed by atoms with Crippen molar-refractivity contribution in [1.82, 2.24) is 5.32 Å². The van der Waals surface area contributed by atoms with Crippen LogP contribution in [0.4, 0.5) is 5.69 Å². The van der Waals surface area contributed by atoms with Gasteiger partial charge < -0.3 is 11.1 Å². The van der Waals surface area contributed by atoms with Crippen LogP contribution in [0.1, 0.15) is 12.0 Å². The Bertz CT molecular complexity index is 372. The summed E-state index contributed by atoms with van der Waals surface area (Å²) in [6.45, 7) is 0.820. The highest BCUT2D eigenvalue weighted by Crippen LogP contribution is 2.22. The standard InChI is InChI=1S/C13H18N2OS/c14-12-3-1-10(2-4-12)7-13(16)15-8-11-5-6-17-9-11/h1-4,11H,5-9,14H2,(H,15,16). The predicted octanol–water partition coefficient (Wildman–Crippen LogP) is 1.68. The molecule has 1 aromatic carbocycles. The fourth-order valence-corrected chi connectivity index (χ4v) is 3.17. The summed E-state index contributed by atoms with van der Waals surface area (Å²) in [5.74, 6) is 3.18. The lowest BCUT2D eigenvalue weighted by atomic mass is 10.1. The summed E-state index contributed by atoms with van der Waals surface area (Å²) in [4.78, 5) is 11.7. The number of hydrogen-bond donors (Lipinski definition) is 2. The van der Waals surface area contributed by atoms with Gasteiger partial charge in [0.1, 0.15) is 0 Å². The minimum Gasteiger partial charge on any atom is -0.399 e. The lowest BCUT2D eigenvalue weighted by molar-refractivity contribution is -0.120. The van der Waals surface area contributed by atoms with Gasteiger partial charge >= 0.3 is 0 Å². The quantitative estimate of drug-likeness (QED) is 0.799. The number of amides is 1. The second-order valence-electron chi connectivity index (χ2n) is 4.45. The summed E-state index contributed by atoms with van der Waals surface area (Å²) in [5.41, 5.74) is 7.34. The molecular formula is C13H18N2OS. The van der Waals surface area contributed by atoms with E-state index in [0.717, 1.165) is 17.8 Å². The van der Waals surface area contributed by atoms with Gasteiger partial charge in [-0.25, -0.2) is 0 Å². The Morgan fingerprint density at radius 1 is 1.41 bits per heavy atom. The summed E-state index contributed by atoms with van der Waals surface area (Å²) in [7, 11) is 0. The van der Waals surface area contributed by atoms with E-state index in [1.807, 2.05) is 36.0 Å². The van der Waals surface area contributed by atoms with Crippen molar-refractivity contribution in [3.05, 3.63) is 29.8 Å². The molecule has 1 heterocycles. The van der Waals surface area contributed by atoms with Crippen molar-refractivity contribution < 1.29 is 4.79 Å². The number of hydrogen-bond acceptors (Lipinski definition) is 3. The van der Waals surface area contributed by atoms with Crippen molar-refractivity contribution in [2.45, 2.75) is 12.8 Å². The molecule has 1 atom stereocenters. The number of carbonyl (C=O) groups is 1. The van der Waals surface area contributed by atoms with Crippen LogP contribution in [0.2, 0.25) is 0 Å². The van der Waals surface area contributed by atoms with E-state index in [9.17, 15) is 4.79 Å². The molecule has 0 radical (unpaired) electrons. The number of rotatable bonds is 4. The Hall–Kier alpha value is -1.16. The van der Waals surface area contributed by atoms with Crippen LogP contribution in [0.15, 0.2) is 24.3 Å². The summed E-state index contributed by atoms with van der Waals surface area (Å²) in [6, 6.07) is 7.47. The Morgan fingerprint density at radius 2 is 2.18 bits per heavy atom. The monoisotopic (exact) mass is 250 g/mol. The maximum atomic E-state index is 11.7. The molecule has 2 rings (SSSR count). The molecule has 0 aliphatic carbocycles. The number of nitrogens with two attached hydrogens (primary N) is 1. The van der Waals surface area contributed by atoms with Gasteiger partial charge in [0.25, 0.3) is 0 Å². The molecule has 1 aliphatic heterocycles. The molecular weight excluding hydrogens is 232 g/mol. The number of thioether (sulfide) groups is 1. The lowest BCUT2D eigenvalue weighted by Gasteiger charge is -2.10. The number of benzene rings is 1. The minimum atomic E-state index is 0.103. The fourth-order valence-electron chi connectivity index (χ4n) is 1.89. The van der Waals surface area contributed by atoms with Crippen LogP contribution in [0.25, 0.3) is 0 Å². The average Bonchev–Trinajstić information content (AvgIpc) is 2.83. The number of nitrogens with one attached hydrogen (secondary N) is 1. The summed E-state index contributed by atoms with van der Waals surface area (Å²) in [6.07, 6.45) is 1.67. The smallest absolute Gasteiger partial charge is 0.224 e. The number of carbonyl (C=O) groups excluding carboxylic acids is 1. The second-order valence-corrected chi connectivity index (χ2v) is 5.60. The predicted molar refractivity (Wildman–Crippen MR) is 73.0 cm³/mol. The third kappa shape index (κ3) is 3.97. The highest BCUT2D eigenvalue weighted by molar-refractivity contribution is 7.99. The summed E-state index contributed by atoms with van der Waals surface area (Å²) >= 11 is 1.97. The number of nitrogen functional groups attached to an aromatic ring is 1. The molecule has 1 fully saturated rings. The molecule has 1 saturated heterocycles. The first-order chi connectivity index (χ1) is 8.24. The van der Waals surface area contributed by atoms with Crippen molar-refractivity contribution in [3.63, 3.8) is 0 Å². The van der Waals surface area contributed by atoms with Crippen molar-refractivity contribution in [2.75, 3.05) is 23.8 Å². The molecule has 4 heteroatoms. The van der Waals surface area contributed by atoms with Crippen LogP contribution in [0.3, 0.4) is 0 Å². The highest BCUT2D eigenvalue weighted by atomic mass is 32.2. The van der Waals surface area contributed by atoms with E-state index in [1.54, 1.807) is 0 Å². The molecule has 92 valence electrons. The molecule has 0 aromatic heterocycles. The third-order valence-corrected chi connectivity index (χ3v) is 4.19. The van der Waals surface area contributed by atoms with E-state index < -0.39 is 0 Å². The minimum absolute atomic E-state index is 0.103. The Kier molecular flexibility index (Phi) is 4.31. The van der Waals surface area contributed by atoms with Crippen LogP contribution in [0.5, 0.6) is 0 Å². The molecule has 0 spiro atoms. The van der Waals surface area contributed by atoms with Crippen LogP contribution in [0, 0.1) is 5.92 Å². The maximum Gasteiger partial charge on any atom is 0.224 e. The summed E-state index contributed by atoms with van der Waals surface area (Å²) in [5, 5.41) is 3.00. The second kappa shape index (κ2) is 5.96. The van der Waals surface area contributed by atoms with Gasteiger partial charge in [0.05, 0.1) is 6.42 Å². The van der Waals surface area contributed by atoms with E-state index >= 15 is 0 Å². The van der Waals surface area contributed by atoms with Gasteiger partial charge in [-0.15, -0.1) is 0 Å². The largest absolute Gasteiger partial charge is 0.399 e. The van der Waals surface area contributed by atoms with E-state index in [-0.39, 0.29) is 5.91 Å². The summed E-state index contributed by atoms with van der Waals surface area (Å²) < 4.78 is 0. The van der Waals surface area contributed by atoms with E-state index in [1.165, 1.54) is 17.9 Å². The zero-order chi connectivity index (χ0) is 12.1. The first-order valence-electron chi connectivity index (χ1n) is 5.93. The first-order valence-corrected chi connectivity index (χ1v) is 7.08.